The molecule has 2 heteroatoms. The first-order chi connectivity index (χ1) is 8.37. The van der Waals surface area contributed by atoms with E-state index in [1.165, 1.54) is 0 Å². The van der Waals surface area contributed by atoms with Gasteiger partial charge in [0.05, 0.1) is 6.10 Å². The van der Waals surface area contributed by atoms with Gasteiger partial charge in [-0.3, -0.25) is 0 Å². The quantitative estimate of drug-likeness (QED) is 0.555. The number of hydrogen-bond donors (Lipinski definition) is 0. The minimum atomic E-state index is 0.181. The van der Waals surface area contributed by atoms with E-state index in [2.05, 4.69) is 39.8 Å². The van der Waals surface area contributed by atoms with Gasteiger partial charge in [-0.15, -0.1) is 0 Å². The molecular formula is C16H26O2. The molecule has 0 fully saturated rings. The second-order valence-electron chi connectivity index (χ2n) is 6.67. The van der Waals surface area contributed by atoms with Gasteiger partial charge < -0.3 is 9.47 Å². The van der Waals surface area contributed by atoms with Crippen molar-refractivity contribution in [3.8, 4) is 0 Å². The molecule has 0 aromatic heterocycles. The Bertz CT molecular complexity index is 375. The van der Waals surface area contributed by atoms with Crippen molar-refractivity contribution in [3.63, 3.8) is 0 Å². The largest absolute Gasteiger partial charge is 0.359 e. The van der Waals surface area contributed by atoms with E-state index in [9.17, 15) is 0 Å². The Kier molecular flexibility index (Phi) is 3.70. The van der Waals surface area contributed by atoms with Crippen LogP contribution >= 0.6 is 0 Å². The molecule has 1 unspecified atom stereocenters. The molecule has 18 heavy (non-hydrogen) atoms. The third kappa shape index (κ3) is 2.55. The van der Waals surface area contributed by atoms with Crippen molar-refractivity contribution in [2.45, 2.75) is 53.1 Å². The summed E-state index contributed by atoms with van der Waals surface area (Å²) in [6, 6.07) is 0. The summed E-state index contributed by atoms with van der Waals surface area (Å²) in [6.45, 7) is 9.68. The molecule has 0 heterocycles. The van der Waals surface area contributed by atoms with Gasteiger partial charge in [-0.25, -0.2) is 0 Å². The maximum atomic E-state index is 5.76. The van der Waals surface area contributed by atoms with Crippen molar-refractivity contribution >= 4 is 0 Å². The van der Waals surface area contributed by atoms with Crippen LogP contribution in [0, 0.1) is 10.8 Å². The molecule has 0 aliphatic heterocycles. The average molecular weight is 250 g/mol. The summed E-state index contributed by atoms with van der Waals surface area (Å²) in [5, 5.41) is 0. The molecule has 2 rings (SSSR count). The predicted molar refractivity (Wildman–Crippen MR) is 74.3 cm³/mol. The van der Waals surface area contributed by atoms with Crippen molar-refractivity contribution in [2.75, 3.05) is 13.9 Å². The van der Waals surface area contributed by atoms with Crippen molar-refractivity contribution in [2.24, 2.45) is 10.8 Å². The topological polar surface area (TPSA) is 18.5 Å². The predicted octanol–water partition coefficient (Wildman–Crippen LogP) is 4.08. The summed E-state index contributed by atoms with van der Waals surface area (Å²) in [7, 11) is 1.68. The van der Waals surface area contributed by atoms with Crippen molar-refractivity contribution < 1.29 is 9.47 Å². The van der Waals surface area contributed by atoms with Gasteiger partial charge in [0.15, 0.2) is 0 Å². The summed E-state index contributed by atoms with van der Waals surface area (Å²) in [5.74, 6) is 0. The van der Waals surface area contributed by atoms with Crippen molar-refractivity contribution in [1.29, 1.82) is 0 Å². The van der Waals surface area contributed by atoms with Crippen LogP contribution in [-0.2, 0) is 9.47 Å². The SMILES string of the molecule is COCOC1CCC2=C(C1)C(C)(C)C=CC2(C)C. The third-order valence-corrected chi connectivity index (χ3v) is 4.41. The van der Waals surface area contributed by atoms with Crippen LogP contribution < -0.4 is 0 Å². The van der Waals surface area contributed by atoms with Crippen LogP contribution in [0.1, 0.15) is 47.0 Å². The average Bonchev–Trinajstić information content (AvgIpc) is 2.32. The van der Waals surface area contributed by atoms with E-state index >= 15 is 0 Å². The first-order valence-electron chi connectivity index (χ1n) is 6.91. The summed E-state index contributed by atoms with van der Waals surface area (Å²) in [6.07, 6.45) is 8.40. The molecule has 0 radical (unpaired) electrons. The van der Waals surface area contributed by atoms with Crippen LogP contribution in [0.5, 0.6) is 0 Å². The first-order valence-corrected chi connectivity index (χ1v) is 6.91. The zero-order valence-corrected chi connectivity index (χ0v) is 12.4. The van der Waals surface area contributed by atoms with Crippen LogP contribution in [0.15, 0.2) is 23.3 Å². The minimum absolute atomic E-state index is 0.181. The molecule has 102 valence electrons. The van der Waals surface area contributed by atoms with E-state index in [0.717, 1.165) is 19.3 Å². The summed E-state index contributed by atoms with van der Waals surface area (Å²) in [4.78, 5) is 0. The highest BCUT2D eigenvalue weighted by molar-refractivity contribution is 5.39. The zero-order valence-electron chi connectivity index (χ0n) is 12.4. The monoisotopic (exact) mass is 250 g/mol. The standard InChI is InChI=1S/C16H26O2/c1-15(2)8-9-16(3,4)14-10-12(18-11-17-5)6-7-13(14)15/h8-9,12H,6-7,10-11H2,1-5H3. The smallest absolute Gasteiger partial charge is 0.146 e. The van der Waals surface area contributed by atoms with E-state index in [-0.39, 0.29) is 10.8 Å². The van der Waals surface area contributed by atoms with Crippen molar-refractivity contribution in [3.05, 3.63) is 23.3 Å². The van der Waals surface area contributed by atoms with Crippen LogP contribution in [0.25, 0.3) is 0 Å². The molecule has 1 atom stereocenters. The second-order valence-corrected chi connectivity index (χ2v) is 6.67. The molecule has 2 nitrogen and oxygen atoms in total. The lowest BCUT2D eigenvalue weighted by Crippen LogP contribution is -2.33. The summed E-state index contributed by atoms with van der Waals surface area (Å²) in [5.41, 5.74) is 3.62. The third-order valence-electron chi connectivity index (χ3n) is 4.41. The fourth-order valence-corrected chi connectivity index (χ4v) is 3.20. The van der Waals surface area contributed by atoms with Gasteiger partial charge in [-0.2, -0.15) is 0 Å². The lowest BCUT2D eigenvalue weighted by Gasteiger charge is -2.43. The number of methoxy groups -OCH3 is 1. The Labute approximate surface area is 111 Å². The number of allylic oxidation sites excluding steroid dienone is 3. The lowest BCUT2D eigenvalue weighted by molar-refractivity contribution is -0.0766. The molecular weight excluding hydrogens is 224 g/mol. The maximum Gasteiger partial charge on any atom is 0.146 e. The molecule has 0 saturated heterocycles. The molecule has 2 aliphatic rings. The maximum absolute atomic E-state index is 5.76. The van der Waals surface area contributed by atoms with E-state index in [1.54, 1.807) is 18.3 Å². The van der Waals surface area contributed by atoms with Gasteiger partial charge in [0.1, 0.15) is 6.79 Å². The fourth-order valence-electron chi connectivity index (χ4n) is 3.20. The van der Waals surface area contributed by atoms with E-state index in [1.807, 2.05) is 0 Å². The molecule has 0 aromatic rings. The second kappa shape index (κ2) is 4.82. The number of hydrogen-bond acceptors (Lipinski definition) is 2. The van der Waals surface area contributed by atoms with Crippen LogP contribution in [0.4, 0.5) is 0 Å². The van der Waals surface area contributed by atoms with Crippen LogP contribution in [0.2, 0.25) is 0 Å². The molecule has 0 amide bonds. The minimum Gasteiger partial charge on any atom is -0.359 e. The van der Waals surface area contributed by atoms with Gasteiger partial charge in [-0.05, 0) is 19.3 Å². The molecule has 0 N–H and O–H groups in total. The summed E-state index contributed by atoms with van der Waals surface area (Å²) < 4.78 is 10.8. The molecule has 0 saturated carbocycles. The van der Waals surface area contributed by atoms with E-state index in [0.29, 0.717) is 12.9 Å². The molecule has 0 aromatic carbocycles. The number of ether oxygens (including phenoxy) is 2. The van der Waals surface area contributed by atoms with Gasteiger partial charge >= 0.3 is 0 Å². The Morgan fingerprint density at radius 3 is 2.33 bits per heavy atom. The molecule has 2 aliphatic carbocycles. The van der Waals surface area contributed by atoms with E-state index < -0.39 is 0 Å². The zero-order chi connectivity index (χ0) is 13.4. The molecule has 0 bridgehead atoms. The Balaban J connectivity index is 2.21. The highest BCUT2D eigenvalue weighted by Gasteiger charge is 2.38. The normalized spacial score (nSPS) is 29.3. The fraction of sp³-hybridized carbons (Fsp3) is 0.750. The van der Waals surface area contributed by atoms with Crippen LogP contribution in [-0.4, -0.2) is 20.0 Å². The van der Waals surface area contributed by atoms with E-state index in [4.69, 9.17) is 9.47 Å². The van der Waals surface area contributed by atoms with Gasteiger partial charge in [0, 0.05) is 17.9 Å². The van der Waals surface area contributed by atoms with Gasteiger partial charge in [0.25, 0.3) is 0 Å². The Hall–Kier alpha value is -0.600. The number of rotatable bonds is 3. The Morgan fingerprint density at radius 1 is 1.11 bits per heavy atom. The van der Waals surface area contributed by atoms with Crippen molar-refractivity contribution in [1.82, 2.24) is 0 Å². The highest BCUT2D eigenvalue weighted by Crippen LogP contribution is 2.50. The summed E-state index contributed by atoms with van der Waals surface area (Å²) >= 11 is 0. The van der Waals surface area contributed by atoms with Gasteiger partial charge in [-0.1, -0.05) is 51.0 Å². The highest BCUT2D eigenvalue weighted by atomic mass is 16.7. The van der Waals surface area contributed by atoms with Gasteiger partial charge in [0.2, 0.25) is 0 Å². The molecule has 0 spiro atoms. The Morgan fingerprint density at radius 2 is 1.72 bits per heavy atom. The first kappa shape index (κ1) is 13.8. The van der Waals surface area contributed by atoms with Crippen LogP contribution in [0.3, 0.4) is 0 Å². The lowest BCUT2D eigenvalue weighted by atomic mass is 9.63.